The maximum Gasteiger partial charge on any atom is 0.202 e. The minimum absolute atomic E-state index is 0.498. The van der Waals surface area contributed by atoms with Crippen LogP contribution >= 0.6 is 0 Å². The number of likely N-dealkylation sites (tertiary alicyclic amines) is 1. The van der Waals surface area contributed by atoms with Crippen molar-refractivity contribution in [1.29, 1.82) is 0 Å². The van der Waals surface area contributed by atoms with E-state index in [-0.39, 0.29) is 0 Å². The van der Waals surface area contributed by atoms with Gasteiger partial charge in [-0.3, -0.25) is 4.90 Å². The largest absolute Gasteiger partial charge is 0.461 e. The van der Waals surface area contributed by atoms with Crippen LogP contribution in [-0.2, 0) is 6.54 Å². The summed E-state index contributed by atoms with van der Waals surface area (Å²) in [6.45, 7) is 4.22. The molecule has 0 aromatic carbocycles. The molecule has 0 spiro atoms. The highest BCUT2D eigenvalue weighted by atomic mass is 16.5. The molecule has 102 valence electrons. The summed E-state index contributed by atoms with van der Waals surface area (Å²) in [6, 6.07) is 5.54. The lowest BCUT2D eigenvalue weighted by atomic mass is 9.89. The summed E-state index contributed by atoms with van der Waals surface area (Å²) in [7, 11) is 0. The molecule has 5 heteroatoms. The van der Waals surface area contributed by atoms with Gasteiger partial charge in [0.2, 0.25) is 5.76 Å². The molecule has 1 fully saturated rings. The van der Waals surface area contributed by atoms with Crippen LogP contribution < -0.4 is 0 Å². The van der Waals surface area contributed by atoms with Crippen LogP contribution in [0.15, 0.2) is 33.4 Å². The molecule has 0 unspecified atom stereocenters. The molecule has 19 heavy (non-hydrogen) atoms. The van der Waals surface area contributed by atoms with Crippen LogP contribution in [0.5, 0.6) is 0 Å². The molecule has 2 aromatic rings. The minimum atomic E-state index is -0.498. The van der Waals surface area contributed by atoms with Gasteiger partial charge in [-0.05, 0) is 18.6 Å². The molecule has 1 aliphatic rings. The van der Waals surface area contributed by atoms with E-state index in [0.717, 1.165) is 18.5 Å². The first-order valence-corrected chi connectivity index (χ1v) is 6.63. The number of aromatic nitrogens is 1. The van der Waals surface area contributed by atoms with Gasteiger partial charge in [0.05, 0.1) is 17.6 Å². The summed E-state index contributed by atoms with van der Waals surface area (Å²) in [6.07, 6.45) is 3.48. The van der Waals surface area contributed by atoms with Crippen molar-refractivity contribution in [2.24, 2.45) is 0 Å². The summed E-state index contributed by atoms with van der Waals surface area (Å²) < 4.78 is 10.5. The van der Waals surface area contributed by atoms with E-state index >= 15 is 0 Å². The molecule has 0 bridgehead atoms. The van der Waals surface area contributed by atoms with Gasteiger partial charge >= 0.3 is 0 Å². The molecule has 5 nitrogen and oxygen atoms in total. The first kappa shape index (κ1) is 12.4. The average molecular weight is 262 g/mol. The molecule has 2 aromatic heterocycles. The van der Waals surface area contributed by atoms with Gasteiger partial charge in [-0.2, -0.15) is 0 Å². The fourth-order valence-electron chi connectivity index (χ4n) is 2.67. The second kappa shape index (κ2) is 4.83. The SMILES string of the molecule is CCCC1(O)CN(Cc2cc(-c3ccco3)on2)C1. The van der Waals surface area contributed by atoms with E-state index in [1.165, 1.54) is 0 Å². The molecule has 1 N–H and O–H groups in total. The van der Waals surface area contributed by atoms with Gasteiger partial charge in [0.25, 0.3) is 0 Å². The standard InChI is InChI=1S/C14H18N2O3/c1-2-5-14(17)9-16(10-14)8-11-7-13(19-15-11)12-4-3-6-18-12/h3-4,6-7,17H,2,5,8-10H2,1H3. The number of rotatable bonds is 5. The monoisotopic (exact) mass is 262 g/mol. The van der Waals surface area contributed by atoms with E-state index < -0.39 is 5.60 Å². The normalized spacial score (nSPS) is 18.4. The molecule has 1 saturated heterocycles. The smallest absolute Gasteiger partial charge is 0.202 e. The van der Waals surface area contributed by atoms with Gasteiger partial charge in [-0.15, -0.1) is 0 Å². The topological polar surface area (TPSA) is 62.6 Å². The first-order chi connectivity index (χ1) is 9.18. The number of furan rings is 1. The quantitative estimate of drug-likeness (QED) is 0.895. The summed E-state index contributed by atoms with van der Waals surface area (Å²) in [4.78, 5) is 2.17. The van der Waals surface area contributed by atoms with E-state index in [0.29, 0.717) is 31.2 Å². The molecular formula is C14H18N2O3. The highest BCUT2D eigenvalue weighted by Crippen LogP contribution is 2.28. The van der Waals surface area contributed by atoms with Crippen LogP contribution in [0, 0.1) is 0 Å². The first-order valence-electron chi connectivity index (χ1n) is 6.63. The number of hydrogen-bond donors (Lipinski definition) is 1. The number of hydrogen-bond acceptors (Lipinski definition) is 5. The zero-order valence-electron chi connectivity index (χ0n) is 11.0. The Morgan fingerprint density at radius 1 is 1.42 bits per heavy atom. The van der Waals surface area contributed by atoms with Crippen molar-refractivity contribution >= 4 is 0 Å². The third-order valence-corrected chi connectivity index (χ3v) is 3.46. The van der Waals surface area contributed by atoms with Crippen LogP contribution in [0.1, 0.15) is 25.5 Å². The predicted octanol–water partition coefficient (Wildman–Crippen LogP) is 2.28. The molecular weight excluding hydrogens is 244 g/mol. The second-order valence-electron chi connectivity index (χ2n) is 5.28. The third-order valence-electron chi connectivity index (χ3n) is 3.46. The Morgan fingerprint density at radius 2 is 2.26 bits per heavy atom. The van der Waals surface area contributed by atoms with Gasteiger partial charge < -0.3 is 14.0 Å². The minimum Gasteiger partial charge on any atom is -0.461 e. The van der Waals surface area contributed by atoms with Crippen LogP contribution in [-0.4, -0.2) is 33.9 Å². The van der Waals surface area contributed by atoms with Gasteiger partial charge in [0.15, 0.2) is 5.76 Å². The zero-order valence-corrected chi connectivity index (χ0v) is 11.0. The van der Waals surface area contributed by atoms with Crippen molar-refractivity contribution in [2.75, 3.05) is 13.1 Å². The van der Waals surface area contributed by atoms with Crippen molar-refractivity contribution in [3.63, 3.8) is 0 Å². The Balaban J connectivity index is 1.58. The van der Waals surface area contributed by atoms with Crippen molar-refractivity contribution in [3.05, 3.63) is 30.2 Å². The van der Waals surface area contributed by atoms with Crippen LogP contribution in [0.2, 0.25) is 0 Å². The van der Waals surface area contributed by atoms with Crippen LogP contribution in [0.25, 0.3) is 11.5 Å². The highest BCUT2D eigenvalue weighted by molar-refractivity contribution is 5.49. The number of β-amino-alcohol motifs (C(OH)–C–C–N with tert-alkyl or cyclic N) is 1. The van der Waals surface area contributed by atoms with E-state index in [9.17, 15) is 5.11 Å². The summed E-state index contributed by atoms with van der Waals surface area (Å²) in [5, 5.41) is 14.1. The van der Waals surface area contributed by atoms with E-state index in [2.05, 4.69) is 17.0 Å². The van der Waals surface area contributed by atoms with E-state index in [1.807, 2.05) is 18.2 Å². The van der Waals surface area contributed by atoms with E-state index in [4.69, 9.17) is 8.94 Å². The van der Waals surface area contributed by atoms with Crippen molar-refractivity contribution in [2.45, 2.75) is 31.9 Å². The Bertz CT molecular complexity index is 527. The van der Waals surface area contributed by atoms with Gasteiger partial charge in [0, 0.05) is 25.7 Å². The Hall–Kier alpha value is -1.59. The molecule has 1 aliphatic heterocycles. The number of aliphatic hydroxyl groups is 1. The van der Waals surface area contributed by atoms with Gasteiger partial charge in [0.1, 0.15) is 0 Å². The van der Waals surface area contributed by atoms with Crippen LogP contribution in [0.4, 0.5) is 0 Å². The zero-order chi connectivity index (χ0) is 13.3. The third kappa shape index (κ3) is 2.57. The van der Waals surface area contributed by atoms with Gasteiger partial charge in [-0.1, -0.05) is 18.5 Å². The molecule has 3 heterocycles. The van der Waals surface area contributed by atoms with Crippen molar-refractivity contribution in [3.8, 4) is 11.5 Å². The van der Waals surface area contributed by atoms with E-state index in [1.54, 1.807) is 6.26 Å². The van der Waals surface area contributed by atoms with Crippen molar-refractivity contribution in [1.82, 2.24) is 10.1 Å². The fourth-order valence-corrected chi connectivity index (χ4v) is 2.67. The summed E-state index contributed by atoms with van der Waals surface area (Å²) >= 11 is 0. The maximum absolute atomic E-state index is 10.1. The Morgan fingerprint density at radius 3 is 2.95 bits per heavy atom. The van der Waals surface area contributed by atoms with Crippen LogP contribution in [0.3, 0.4) is 0 Å². The second-order valence-corrected chi connectivity index (χ2v) is 5.28. The molecule has 0 saturated carbocycles. The molecule has 0 amide bonds. The lowest BCUT2D eigenvalue weighted by molar-refractivity contribution is -0.107. The lowest BCUT2D eigenvalue weighted by Gasteiger charge is -2.46. The Labute approximate surface area is 111 Å². The predicted molar refractivity (Wildman–Crippen MR) is 69.3 cm³/mol. The average Bonchev–Trinajstić information content (AvgIpc) is 2.96. The lowest BCUT2D eigenvalue weighted by Crippen LogP contribution is -2.60. The molecule has 0 atom stereocenters. The molecule has 0 radical (unpaired) electrons. The molecule has 3 rings (SSSR count). The molecule has 0 aliphatic carbocycles. The highest BCUT2D eigenvalue weighted by Gasteiger charge is 2.40. The summed E-state index contributed by atoms with van der Waals surface area (Å²) in [5.41, 5.74) is 0.368. The maximum atomic E-state index is 10.1. The fraction of sp³-hybridized carbons (Fsp3) is 0.500. The van der Waals surface area contributed by atoms with Crippen molar-refractivity contribution < 1.29 is 14.0 Å². The summed E-state index contributed by atoms with van der Waals surface area (Å²) in [5.74, 6) is 1.33. The number of nitrogens with zero attached hydrogens (tertiary/aromatic N) is 2. The van der Waals surface area contributed by atoms with Gasteiger partial charge in [-0.25, -0.2) is 0 Å². The Kier molecular flexibility index (Phi) is 3.16.